The minimum atomic E-state index is -3.28. The largest absolute Gasteiger partial charge is 0.320 e. The molecule has 1 aromatic rings. The molecule has 0 unspecified atom stereocenters. The fourth-order valence-electron chi connectivity index (χ4n) is 2.00. The van der Waals surface area contributed by atoms with Gasteiger partial charge in [0, 0.05) is 16.0 Å². The molecule has 1 aliphatic heterocycles. The van der Waals surface area contributed by atoms with Crippen LogP contribution in [0.5, 0.6) is 0 Å². The molecular formula is C12H14ClNO2S. The highest BCUT2D eigenvalue weighted by Crippen LogP contribution is 2.39. The molecule has 1 N–H and O–H groups in total. The first-order valence-corrected chi connectivity index (χ1v) is 7.38. The summed E-state index contributed by atoms with van der Waals surface area (Å²) in [6, 6.07) is 5.01. The highest BCUT2D eigenvalue weighted by Gasteiger charge is 2.28. The van der Waals surface area contributed by atoms with Crippen LogP contribution in [0.3, 0.4) is 0 Å². The van der Waals surface area contributed by atoms with Crippen molar-refractivity contribution < 1.29 is 8.42 Å². The second-order valence-corrected chi connectivity index (χ2v) is 6.18. The summed E-state index contributed by atoms with van der Waals surface area (Å²) in [6.07, 6.45) is 1.61. The highest BCUT2D eigenvalue weighted by molar-refractivity contribution is 7.95. The Kier molecular flexibility index (Phi) is 3.56. The average molecular weight is 272 g/mol. The molecule has 0 fully saturated rings. The van der Waals surface area contributed by atoms with Crippen LogP contribution in [0.15, 0.2) is 28.5 Å². The number of hydrogen-bond acceptors (Lipinski definition) is 3. The van der Waals surface area contributed by atoms with E-state index in [9.17, 15) is 8.42 Å². The minimum absolute atomic E-state index is 0.337. The number of halogens is 1. The van der Waals surface area contributed by atoms with Crippen molar-refractivity contribution in [3.63, 3.8) is 0 Å². The predicted octanol–water partition coefficient (Wildman–Crippen LogP) is 2.47. The molecule has 0 bridgehead atoms. The third-order valence-corrected chi connectivity index (χ3v) is 4.64. The molecule has 5 heteroatoms. The van der Waals surface area contributed by atoms with E-state index < -0.39 is 9.84 Å². The molecule has 2 rings (SSSR count). The van der Waals surface area contributed by atoms with Crippen molar-refractivity contribution in [2.45, 2.75) is 17.7 Å². The lowest BCUT2D eigenvalue weighted by Gasteiger charge is -2.06. The summed E-state index contributed by atoms with van der Waals surface area (Å²) >= 11 is 6.08. The van der Waals surface area contributed by atoms with Crippen molar-refractivity contribution in [3.05, 3.63) is 34.2 Å². The summed E-state index contributed by atoms with van der Waals surface area (Å²) in [6.45, 7) is 0.858. The molecule has 3 nitrogen and oxygen atoms in total. The fraction of sp³-hybridized carbons (Fsp3) is 0.333. The topological polar surface area (TPSA) is 46.2 Å². The Balaban J connectivity index is 2.38. The molecule has 0 saturated heterocycles. The summed E-state index contributed by atoms with van der Waals surface area (Å²) < 4.78 is 23.8. The zero-order chi connectivity index (χ0) is 12.5. The van der Waals surface area contributed by atoms with Crippen LogP contribution in [0.2, 0.25) is 5.02 Å². The van der Waals surface area contributed by atoms with Gasteiger partial charge in [0.05, 0.1) is 4.90 Å². The lowest BCUT2D eigenvalue weighted by molar-refractivity contribution is 0.605. The van der Waals surface area contributed by atoms with E-state index in [4.69, 9.17) is 11.6 Å². The number of allylic oxidation sites excluding steroid dienone is 1. The number of rotatable bonds is 4. The van der Waals surface area contributed by atoms with Crippen LogP contribution in [0.1, 0.15) is 18.4 Å². The Hall–Kier alpha value is -0.840. The SMILES string of the molecule is CNCCCC1=CS(=O)(=O)c2cccc(Cl)c21. The Morgan fingerprint density at radius 2 is 2.12 bits per heavy atom. The molecule has 0 atom stereocenters. The zero-order valence-electron chi connectivity index (χ0n) is 9.53. The van der Waals surface area contributed by atoms with Crippen molar-refractivity contribution in [3.8, 4) is 0 Å². The van der Waals surface area contributed by atoms with Crippen molar-refractivity contribution in [1.29, 1.82) is 0 Å². The molecular weight excluding hydrogens is 258 g/mol. The van der Waals surface area contributed by atoms with Gasteiger partial charge >= 0.3 is 0 Å². The number of fused-ring (bicyclic) bond motifs is 1. The summed E-state index contributed by atoms with van der Waals surface area (Å²) in [5.74, 6) is 0. The molecule has 92 valence electrons. The summed E-state index contributed by atoms with van der Waals surface area (Å²) in [5.41, 5.74) is 1.51. The van der Waals surface area contributed by atoms with Gasteiger partial charge in [-0.2, -0.15) is 0 Å². The van der Waals surface area contributed by atoms with Gasteiger partial charge in [-0.15, -0.1) is 0 Å². The van der Waals surface area contributed by atoms with Crippen LogP contribution < -0.4 is 5.32 Å². The first-order chi connectivity index (χ1) is 8.06. The third kappa shape index (κ3) is 2.39. The Morgan fingerprint density at radius 3 is 2.82 bits per heavy atom. The van der Waals surface area contributed by atoms with E-state index in [0.717, 1.165) is 25.0 Å². The van der Waals surface area contributed by atoms with Crippen LogP contribution in [0, 0.1) is 0 Å². The van der Waals surface area contributed by atoms with Gasteiger partial charge in [-0.05, 0) is 44.1 Å². The van der Waals surface area contributed by atoms with E-state index >= 15 is 0 Å². The van der Waals surface area contributed by atoms with Crippen LogP contribution >= 0.6 is 11.6 Å². The summed E-state index contributed by atoms with van der Waals surface area (Å²) in [5, 5.41) is 4.90. The van der Waals surface area contributed by atoms with E-state index in [1.165, 1.54) is 5.41 Å². The van der Waals surface area contributed by atoms with E-state index in [0.29, 0.717) is 15.5 Å². The van der Waals surface area contributed by atoms with Gasteiger partial charge in [-0.1, -0.05) is 17.7 Å². The Bertz CT molecular complexity index is 564. The zero-order valence-corrected chi connectivity index (χ0v) is 11.1. The molecule has 0 radical (unpaired) electrons. The highest BCUT2D eigenvalue weighted by atomic mass is 35.5. The van der Waals surface area contributed by atoms with Gasteiger partial charge in [-0.25, -0.2) is 8.42 Å². The molecule has 17 heavy (non-hydrogen) atoms. The van der Waals surface area contributed by atoms with E-state index in [2.05, 4.69) is 5.32 Å². The quantitative estimate of drug-likeness (QED) is 0.856. The smallest absolute Gasteiger partial charge is 0.200 e. The third-order valence-electron chi connectivity index (χ3n) is 2.77. The molecule has 0 spiro atoms. The first kappa shape index (κ1) is 12.6. The molecule has 1 aliphatic rings. The molecule has 1 aromatic carbocycles. The monoisotopic (exact) mass is 271 g/mol. The fourth-order valence-corrected chi connectivity index (χ4v) is 3.89. The normalized spacial score (nSPS) is 16.7. The van der Waals surface area contributed by atoms with Crippen LogP contribution in [-0.2, 0) is 9.84 Å². The number of sulfone groups is 1. The van der Waals surface area contributed by atoms with Gasteiger partial charge in [0.2, 0.25) is 9.84 Å². The number of benzene rings is 1. The van der Waals surface area contributed by atoms with Gasteiger partial charge in [0.1, 0.15) is 0 Å². The standard InChI is InChI=1S/C12H14ClNO2S/c1-14-7-3-4-9-8-17(15,16)11-6-2-5-10(13)12(9)11/h2,5-6,8,14H,3-4,7H2,1H3. The first-order valence-electron chi connectivity index (χ1n) is 5.45. The van der Waals surface area contributed by atoms with E-state index in [-0.39, 0.29) is 0 Å². The second-order valence-electron chi connectivity index (χ2n) is 4.01. The Morgan fingerprint density at radius 1 is 1.35 bits per heavy atom. The van der Waals surface area contributed by atoms with Crippen LogP contribution in [0.25, 0.3) is 5.57 Å². The van der Waals surface area contributed by atoms with Crippen LogP contribution in [0.4, 0.5) is 0 Å². The molecule has 0 aliphatic carbocycles. The molecule has 0 saturated carbocycles. The Labute approximate surface area is 106 Å². The van der Waals surface area contributed by atoms with Gasteiger partial charge in [0.15, 0.2) is 0 Å². The lowest BCUT2D eigenvalue weighted by Crippen LogP contribution is -2.07. The van der Waals surface area contributed by atoms with E-state index in [1.54, 1.807) is 18.2 Å². The molecule has 0 amide bonds. The minimum Gasteiger partial charge on any atom is -0.320 e. The second kappa shape index (κ2) is 4.80. The van der Waals surface area contributed by atoms with Crippen molar-refractivity contribution >= 4 is 27.0 Å². The molecule has 1 heterocycles. The van der Waals surface area contributed by atoms with Gasteiger partial charge < -0.3 is 5.32 Å². The van der Waals surface area contributed by atoms with Crippen molar-refractivity contribution in [2.24, 2.45) is 0 Å². The molecule has 0 aromatic heterocycles. The van der Waals surface area contributed by atoms with E-state index in [1.807, 2.05) is 7.05 Å². The average Bonchev–Trinajstić information content (AvgIpc) is 2.53. The lowest BCUT2D eigenvalue weighted by atomic mass is 10.0. The summed E-state index contributed by atoms with van der Waals surface area (Å²) in [4.78, 5) is 0.337. The van der Waals surface area contributed by atoms with Gasteiger partial charge in [-0.3, -0.25) is 0 Å². The maximum Gasteiger partial charge on any atom is 0.200 e. The number of hydrogen-bond donors (Lipinski definition) is 1. The van der Waals surface area contributed by atoms with Crippen molar-refractivity contribution in [2.75, 3.05) is 13.6 Å². The predicted molar refractivity (Wildman–Crippen MR) is 69.8 cm³/mol. The maximum atomic E-state index is 11.9. The maximum absolute atomic E-state index is 11.9. The van der Waals surface area contributed by atoms with Gasteiger partial charge in [0.25, 0.3) is 0 Å². The summed E-state index contributed by atoms with van der Waals surface area (Å²) in [7, 11) is -1.41. The van der Waals surface area contributed by atoms with Crippen LogP contribution in [-0.4, -0.2) is 22.0 Å². The number of nitrogens with one attached hydrogen (secondary N) is 1. The van der Waals surface area contributed by atoms with Crippen molar-refractivity contribution in [1.82, 2.24) is 5.32 Å².